The molecule has 2 rings (SSSR count). The van der Waals surface area contributed by atoms with Gasteiger partial charge in [0.2, 0.25) is 0 Å². The molecule has 0 spiro atoms. The average molecular weight is 299 g/mol. The molecule has 20 heavy (non-hydrogen) atoms. The lowest BCUT2D eigenvalue weighted by Crippen LogP contribution is -2.32. The third-order valence-electron chi connectivity index (χ3n) is 3.59. The van der Waals surface area contributed by atoms with Crippen LogP contribution in [-0.4, -0.2) is 49.6 Å². The maximum atomic E-state index is 11.5. The van der Waals surface area contributed by atoms with Crippen LogP contribution in [0.2, 0.25) is 0 Å². The maximum Gasteiger partial charge on any atom is 0.161 e. The van der Waals surface area contributed by atoms with Crippen molar-refractivity contribution in [3.63, 3.8) is 0 Å². The molecule has 5 nitrogen and oxygen atoms in total. The van der Waals surface area contributed by atoms with Gasteiger partial charge in [-0.3, -0.25) is 4.90 Å². The number of sulfone groups is 1. The topological polar surface area (TPSA) is 66.8 Å². The lowest BCUT2D eigenvalue weighted by molar-refractivity contribution is 0.253. The van der Waals surface area contributed by atoms with Gasteiger partial charge in [0, 0.05) is 12.6 Å². The number of phenols is 1. The summed E-state index contributed by atoms with van der Waals surface area (Å²) in [6.07, 6.45) is 0.690. The summed E-state index contributed by atoms with van der Waals surface area (Å²) in [4.78, 5) is 2.05. The van der Waals surface area contributed by atoms with Gasteiger partial charge in [0.25, 0.3) is 0 Å². The molecule has 0 saturated carbocycles. The van der Waals surface area contributed by atoms with Gasteiger partial charge in [0.15, 0.2) is 21.3 Å². The first-order chi connectivity index (χ1) is 9.41. The van der Waals surface area contributed by atoms with E-state index < -0.39 is 9.84 Å². The van der Waals surface area contributed by atoms with E-state index in [1.807, 2.05) is 24.9 Å². The molecule has 0 amide bonds. The molecule has 112 valence electrons. The fourth-order valence-electron chi connectivity index (χ4n) is 2.47. The zero-order valence-electron chi connectivity index (χ0n) is 11.9. The molecule has 0 aliphatic carbocycles. The molecule has 1 heterocycles. The monoisotopic (exact) mass is 299 g/mol. The molecule has 1 atom stereocenters. The van der Waals surface area contributed by atoms with E-state index in [9.17, 15) is 13.5 Å². The number of hydrogen-bond donors (Lipinski definition) is 1. The van der Waals surface area contributed by atoms with Gasteiger partial charge in [-0.05, 0) is 38.1 Å². The van der Waals surface area contributed by atoms with Crippen LogP contribution in [-0.2, 0) is 16.4 Å². The summed E-state index contributed by atoms with van der Waals surface area (Å²) in [7, 11) is -0.933. The van der Waals surface area contributed by atoms with Crippen LogP contribution < -0.4 is 4.74 Å². The third-order valence-corrected chi connectivity index (χ3v) is 5.34. The fraction of sp³-hybridized carbons (Fsp3) is 0.571. The van der Waals surface area contributed by atoms with Gasteiger partial charge in [-0.1, -0.05) is 6.07 Å². The van der Waals surface area contributed by atoms with E-state index in [4.69, 9.17) is 4.74 Å². The maximum absolute atomic E-state index is 11.5. The van der Waals surface area contributed by atoms with Crippen molar-refractivity contribution in [1.29, 1.82) is 0 Å². The molecule has 1 aliphatic heterocycles. The second-order valence-electron chi connectivity index (χ2n) is 5.21. The predicted molar refractivity (Wildman–Crippen MR) is 77.8 cm³/mol. The second kappa shape index (κ2) is 6.01. The minimum atomic E-state index is -2.86. The van der Waals surface area contributed by atoms with E-state index in [0.717, 1.165) is 5.56 Å². The summed E-state index contributed by atoms with van der Waals surface area (Å²) < 4.78 is 28.4. The van der Waals surface area contributed by atoms with E-state index in [-0.39, 0.29) is 23.3 Å². The molecule has 0 bridgehead atoms. The summed E-state index contributed by atoms with van der Waals surface area (Å²) in [6, 6.07) is 5.32. The van der Waals surface area contributed by atoms with Crippen molar-refractivity contribution in [2.75, 3.05) is 25.2 Å². The van der Waals surface area contributed by atoms with E-state index in [2.05, 4.69) is 0 Å². The molecule has 0 radical (unpaired) electrons. The Morgan fingerprint density at radius 3 is 2.80 bits per heavy atom. The van der Waals surface area contributed by atoms with Crippen LogP contribution in [0.4, 0.5) is 0 Å². The fourth-order valence-corrected chi connectivity index (χ4v) is 4.27. The first-order valence-corrected chi connectivity index (χ1v) is 8.59. The Kier molecular flexibility index (Phi) is 4.55. The van der Waals surface area contributed by atoms with E-state index in [0.29, 0.717) is 25.3 Å². The molecule has 1 aliphatic rings. The highest BCUT2D eigenvalue weighted by molar-refractivity contribution is 7.91. The van der Waals surface area contributed by atoms with E-state index in [1.54, 1.807) is 12.1 Å². The molecule has 1 fully saturated rings. The van der Waals surface area contributed by atoms with Crippen molar-refractivity contribution < 1.29 is 18.3 Å². The standard InChI is InChI=1S/C14H21NO4S/c1-3-19-14-8-11(4-5-13(14)16)9-15(2)12-6-7-20(17,18)10-12/h4-5,8,12,16H,3,6-7,9-10H2,1-2H3. The lowest BCUT2D eigenvalue weighted by atomic mass is 10.1. The predicted octanol–water partition coefficient (Wildman–Crippen LogP) is 1.41. The first-order valence-electron chi connectivity index (χ1n) is 6.76. The number of phenolic OH excluding ortho intramolecular Hbond substituents is 1. The van der Waals surface area contributed by atoms with Crippen LogP contribution in [0, 0.1) is 0 Å². The summed E-state index contributed by atoms with van der Waals surface area (Å²) in [6.45, 7) is 3.00. The Balaban J connectivity index is 2.04. The highest BCUT2D eigenvalue weighted by Crippen LogP contribution is 2.28. The number of rotatable bonds is 5. The minimum absolute atomic E-state index is 0.0735. The Bertz CT molecular complexity index is 571. The number of hydrogen-bond acceptors (Lipinski definition) is 5. The number of aromatic hydroxyl groups is 1. The van der Waals surface area contributed by atoms with E-state index >= 15 is 0 Å². The van der Waals surface area contributed by atoms with Crippen molar-refractivity contribution >= 4 is 9.84 Å². The Morgan fingerprint density at radius 1 is 1.45 bits per heavy atom. The van der Waals surface area contributed by atoms with Crippen LogP contribution in [0.25, 0.3) is 0 Å². The molecule has 6 heteroatoms. The highest BCUT2D eigenvalue weighted by atomic mass is 32.2. The largest absolute Gasteiger partial charge is 0.504 e. The first kappa shape index (κ1) is 15.1. The summed E-state index contributed by atoms with van der Waals surface area (Å²) in [5.41, 5.74) is 0.998. The molecule has 1 saturated heterocycles. The zero-order chi connectivity index (χ0) is 14.8. The average Bonchev–Trinajstić information content (AvgIpc) is 2.74. The zero-order valence-corrected chi connectivity index (χ0v) is 12.7. The van der Waals surface area contributed by atoms with Gasteiger partial charge < -0.3 is 9.84 Å². The van der Waals surface area contributed by atoms with Crippen molar-refractivity contribution in [3.8, 4) is 11.5 Å². The Labute approximate surface area is 120 Å². The minimum Gasteiger partial charge on any atom is -0.504 e. The SMILES string of the molecule is CCOc1cc(CN(C)C2CCS(=O)(=O)C2)ccc1O. The van der Waals surface area contributed by atoms with Gasteiger partial charge in [-0.15, -0.1) is 0 Å². The van der Waals surface area contributed by atoms with Gasteiger partial charge in [0.1, 0.15) is 0 Å². The lowest BCUT2D eigenvalue weighted by Gasteiger charge is -2.23. The molecule has 1 aromatic carbocycles. The number of benzene rings is 1. The summed E-state index contributed by atoms with van der Waals surface area (Å²) in [5, 5.41) is 9.66. The van der Waals surface area contributed by atoms with Crippen LogP contribution in [0.15, 0.2) is 18.2 Å². The van der Waals surface area contributed by atoms with Crippen molar-refractivity contribution in [2.24, 2.45) is 0 Å². The normalized spacial score (nSPS) is 21.2. The van der Waals surface area contributed by atoms with Gasteiger partial charge >= 0.3 is 0 Å². The van der Waals surface area contributed by atoms with Crippen LogP contribution in [0.1, 0.15) is 18.9 Å². The summed E-state index contributed by atoms with van der Waals surface area (Å²) in [5.74, 6) is 1.11. The van der Waals surface area contributed by atoms with Crippen LogP contribution in [0.5, 0.6) is 11.5 Å². The van der Waals surface area contributed by atoms with Crippen molar-refractivity contribution in [2.45, 2.75) is 25.9 Å². The van der Waals surface area contributed by atoms with E-state index in [1.165, 1.54) is 0 Å². The van der Waals surface area contributed by atoms with Gasteiger partial charge in [-0.25, -0.2) is 8.42 Å². The van der Waals surface area contributed by atoms with Gasteiger partial charge in [0.05, 0.1) is 18.1 Å². The molecule has 1 aromatic rings. The molecule has 1 N–H and O–H groups in total. The highest BCUT2D eigenvalue weighted by Gasteiger charge is 2.30. The number of ether oxygens (including phenoxy) is 1. The number of nitrogens with zero attached hydrogens (tertiary/aromatic N) is 1. The Hall–Kier alpha value is -1.27. The smallest absolute Gasteiger partial charge is 0.161 e. The molecule has 1 unspecified atom stereocenters. The summed E-state index contributed by atoms with van der Waals surface area (Å²) >= 11 is 0. The quantitative estimate of drug-likeness (QED) is 0.890. The molecular weight excluding hydrogens is 278 g/mol. The van der Waals surface area contributed by atoms with Crippen molar-refractivity contribution in [1.82, 2.24) is 4.90 Å². The third kappa shape index (κ3) is 3.64. The molecular formula is C14H21NO4S. The van der Waals surface area contributed by atoms with Crippen LogP contribution in [0.3, 0.4) is 0 Å². The van der Waals surface area contributed by atoms with Gasteiger partial charge in [-0.2, -0.15) is 0 Å². The Morgan fingerprint density at radius 2 is 2.20 bits per heavy atom. The van der Waals surface area contributed by atoms with Crippen molar-refractivity contribution in [3.05, 3.63) is 23.8 Å². The van der Waals surface area contributed by atoms with Crippen LogP contribution >= 0.6 is 0 Å². The molecule has 0 aromatic heterocycles. The second-order valence-corrected chi connectivity index (χ2v) is 7.44.